The Morgan fingerprint density at radius 2 is 2.16 bits per heavy atom. The molecule has 134 valence electrons. The Kier molecular flexibility index (Phi) is 5.71. The van der Waals surface area contributed by atoms with E-state index in [2.05, 4.69) is 15.8 Å². The first-order chi connectivity index (χ1) is 12.2. The number of carbonyl (C=O) groups is 1. The molecule has 25 heavy (non-hydrogen) atoms. The van der Waals surface area contributed by atoms with Crippen molar-refractivity contribution < 1.29 is 14.1 Å². The number of amides is 1. The van der Waals surface area contributed by atoms with Crippen LogP contribution in [0.2, 0.25) is 0 Å². The third-order valence-electron chi connectivity index (χ3n) is 4.60. The van der Waals surface area contributed by atoms with Gasteiger partial charge in [-0.15, -0.1) is 0 Å². The van der Waals surface area contributed by atoms with Gasteiger partial charge in [0.15, 0.2) is 5.76 Å². The van der Waals surface area contributed by atoms with Gasteiger partial charge in [-0.2, -0.15) is 0 Å². The highest BCUT2D eigenvalue weighted by molar-refractivity contribution is 5.81. The predicted molar refractivity (Wildman–Crippen MR) is 95.2 cm³/mol. The van der Waals surface area contributed by atoms with Crippen molar-refractivity contribution in [3.8, 4) is 17.0 Å². The second kappa shape index (κ2) is 8.16. The van der Waals surface area contributed by atoms with E-state index in [0.717, 1.165) is 29.8 Å². The minimum atomic E-state index is -0.272. The third kappa shape index (κ3) is 4.60. The Labute approximate surface area is 147 Å². The summed E-state index contributed by atoms with van der Waals surface area (Å²) in [5, 5.41) is 10.4. The van der Waals surface area contributed by atoms with Crippen LogP contribution in [0.3, 0.4) is 0 Å². The first-order valence-electron chi connectivity index (χ1n) is 8.79. The van der Waals surface area contributed by atoms with E-state index in [9.17, 15) is 4.79 Å². The predicted octanol–water partition coefficient (Wildman–Crippen LogP) is 2.89. The molecular formula is C19H25N3O3. The van der Waals surface area contributed by atoms with Gasteiger partial charge in [-0.05, 0) is 31.9 Å². The average molecular weight is 343 g/mol. The lowest BCUT2D eigenvalue weighted by Crippen LogP contribution is -2.45. The Morgan fingerprint density at radius 1 is 1.36 bits per heavy atom. The maximum atomic E-state index is 12.2. The van der Waals surface area contributed by atoms with Crippen LogP contribution in [0, 0.1) is 0 Å². The first kappa shape index (κ1) is 17.5. The van der Waals surface area contributed by atoms with Gasteiger partial charge < -0.3 is 14.6 Å². The number of benzene rings is 1. The van der Waals surface area contributed by atoms with E-state index >= 15 is 0 Å². The van der Waals surface area contributed by atoms with Gasteiger partial charge in [-0.3, -0.25) is 10.1 Å². The van der Waals surface area contributed by atoms with Gasteiger partial charge in [0.1, 0.15) is 11.4 Å². The van der Waals surface area contributed by atoms with Crippen LogP contribution in [0.25, 0.3) is 11.3 Å². The molecule has 1 amide bonds. The SMILES string of the molecule is COc1cccc(-c2cc(CN[C@@H](C)C(=O)NC3CCCC3)on2)c1. The molecule has 3 rings (SSSR count). The van der Waals surface area contributed by atoms with Gasteiger partial charge >= 0.3 is 0 Å². The fraction of sp³-hybridized carbons (Fsp3) is 0.474. The van der Waals surface area contributed by atoms with Crippen LogP contribution in [0.5, 0.6) is 5.75 Å². The second-order valence-electron chi connectivity index (χ2n) is 6.50. The Hall–Kier alpha value is -2.34. The smallest absolute Gasteiger partial charge is 0.237 e. The van der Waals surface area contributed by atoms with Gasteiger partial charge in [0.05, 0.1) is 19.7 Å². The van der Waals surface area contributed by atoms with Gasteiger partial charge in [-0.1, -0.05) is 30.1 Å². The average Bonchev–Trinajstić information content (AvgIpc) is 3.31. The molecule has 2 aromatic rings. The molecule has 6 heteroatoms. The summed E-state index contributed by atoms with van der Waals surface area (Å²) in [7, 11) is 1.63. The number of nitrogens with zero attached hydrogens (tertiary/aromatic N) is 1. The van der Waals surface area contributed by atoms with Crippen LogP contribution >= 0.6 is 0 Å². The van der Waals surface area contributed by atoms with E-state index in [-0.39, 0.29) is 11.9 Å². The van der Waals surface area contributed by atoms with Gasteiger partial charge in [-0.25, -0.2) is 0 Å². The van der Waals surface area contributed by atoms with Crippen molar-refractivity contribution in [2.75, 3.05) is 7.11 Å². The van der Waals surface area contributed by atoms with Crippen molar-refractivity contribution in [1.29, 1.82) is 0 Å². The molecule has 1 aromatic heterocycles. The van der Waals surface area contributed by atoms with E-state index < -0.39 is 0 Å². The molecule has 0 bridgehead atoms. The molecule has 0 aliphatic heterocycles. The van der Waals surface area contributed by atoms with Gasteiger partial charge in [0.25, 0.3) is 0 Å². The molecule has 1 atom stereocenters. The zero-order valence-electron chi connectivity index (χ0n) is 14.7. The number of hydrogen-bond donors (Lipinski definition) is 2. The summed E-state index contributed by atoms with van der Waals surface area (Å²) >= 11 is 0. The quantitative estimate of drug-likeness (QED) is 0.808. The summed E-state index contributed by atoms with van der Waals surface area (Å²) in [6, 6.07) is 9.60. The highest BCUT2D eigenvalue weighted by Crippen LogP contribution is 2.23. The number of nitrogens with one attached hydrogen (secondary N) is 2. The lowest BCUT2D eigenvalue weighted by atomic mass is 10.1. The van der Waals surface area contributed by atoms with Gasteiger partial charge in [0.2, 0.25) is 5.91 Å². The van der Waals surface area contributed by atoms with Crippen molar-refractivity contribution in [3.63, 3.8) is 0 Å². The summed E-state index contributed by atoms with van der Waals surface area (Å²) in [5.74, 6) is 1.51. The van der Waals surface area contributed by atoms with E-state index in [4.69, 9.17) is 9.26 Å². The largest absolute Gasteiger partial charge is 0.497 e. The Balaban J connectivity index is 1.53. The van der Waals surface area contributed by atoms with Crippen LogP contribution in [0.1, 0.15) is 38.4 Å². The van der Waals surface area contributed by atoms with Crippen LogP contribution in [0.4, 0.5) is 0 Å². The fourth-order valence-electron chi connectivity index (χ4n) is 3.06. The number of hydrogen-bond acceptors (Lipinski definition) is 5. The Bertz CT molecular complexity index is 707. The van der Waals surface area contributed by atoms with Crippen molar-refractivity contribution in [2.45, 2.75) is 51.2 Å². The summed E-state index contributed by atoms with van der Waals surface area (Å²) in [4.78, 5) is 12.2. The number of carbonyl (C=O) groups excluding carboxylic acids is 1. The number of methoxy groups -OCH3 is 1. The molecule has 1 aliphatic carbocycles. The normalized spacial score (nSPS) is 15.9. The lowest BCUT2D eigenvalue weighted by Gasteiger charge is -2.17. The minimum absolute atomic E-state index is 0.0411. The van der Waals surface area contributed by atoms with E-state index in [1.165, 1.54) is 12.8 Å². The highest BCUT2D eigenvalue weighted by atomic mass is 16.5. The van der Waals surface area contributed by atoms with Crippen LogP contribution < -0.4 is 15.4 Å². The molecule has 1 heterocycles. The van der Waals surface area contributed by atoms with Crippen molar-refractivity contribution in [3.05, 3.63) is 36.1 Å². The van der Waals surface area contributed by atoms with E-state index in [0.29, 0.717) is 18.3 Å². The van der Waals surface area contributed by atoms with Crippen LogP contribution in [-0.4, -0.2) is 30.3 Å². The summed E-state index contributed by atoms with van der Waals surface area (Å²) in [6.07, 6.45) is 4.59. The monoisotopic (exact) mass is 343 g/mol. The number of rotatable bonds is 7. The molecule has 1 fully saturated rings. The lowest BCUT2D eigenvalue weighted by molar-refractivity contribution is -0.123. The molecular weight excluding hydrogens is 318 g/mol. The molecule has 0 saturated heterocycles. The second-order valence-corrected chi connectivity index (χ2v) is 6.50. The molecule has 0 spiro atoms. The fourth-order valence-corrected chi connectivity index (χ4v) is 3.06. The first-order valence-corrected chi connectivity index (χ1v) is 8.79. The topological polar surface area (TPSA) is 76.4 Å². The minimum Gasteiger partial charge on any atom is -0.497 e. The molecule has 0 unspecified atom stereocenters. The molecule has 1 aliphatic rings. The van der Waals surface area contributed by atoms with Crippen molar-refractivity contribution in [2.24, 2.45) is 0 Å². The molecule has 1 aromatic carbocycles. The zero-order chi connectivity index (χ0) is 17.6. The standard InChI is InChI=1S/C19H25N3O3/c1-13(19(23)21-15-7-3-4-8-15)20-12-17-11-18(22-25-17)14-6-5-9-16(10-14)24-2/h5-6,9-11,13,15,20H,3-4,7-8,12H2,1-2H3,(H,21,23)/t13-/m0/s1. The third-order valence-corrected chi connectivity index (χ3v) is 4.60. The summed E-state index contributed by atoms with van der Waals surface area (Å²) in [5.41, 5.74) is 1.68. The van der Waals surface area contributed by atoms with Crippen LogP contribution in [-0.2, 0) is 11.3 Å². The summed E-state index contributed by atoms with van der Waals surface area (Å²) in [6.45, 7) is 2.32. The Morgan fingerprint density at radius 3 is 2.92 bits per heavy atom. The molecule has 2 N–H and O–H groups in total. The van der Waals surface area contributed by atoms with Gasteiger partial charge in [0, 0.05) is 17.7 Å². The molecule has 6 nitrogen and oxygen atoms in total. The van der Waals surface area contributed by atoms with Crippen molar-refractivity contribution >= 4 is 5.91 Å². The zero-order valence-corrected chi connectivity index (χ0v) is 14.7. The van der Waals surface area contributed by atoms with Crippen LogP contribution in [0.15, 0.2) is 34.9 Å². The number of aromatic nitrogens is 1. The van der Waals surface area contributed by atoms with E-state index in [1.807, 2.05) is 37.3 Å². The maximum Gasteiger partial charge on any atom is 0.237 e. The maximum absolute atomic E-state index is 12.2. The van der Waals surface area contributed by atoms with E-state index in [1.54, 1.807) is 7.11 Å². The van der Waals surface area contributed by atoms with Crippen molar-refractivity contribution in [1.82, 2.24) is 15.8 Å². The summed E-state index contributed by atoms with van der Waals surface area (Å²) < 4.78 is 10.6. The highest BCUT2D eigenvalue weighted by Gasteiger charge is 2.20. The molecule has 0 radical (unpaired) electrons. The number of ether oxygens (including phenoxy) is 1. The molecule has 1 saturated carbocycles.